The number of hydrogen-bond donors (Lipinski definition) is 1. The third-order valence-corrected chi connectivity index (χ3v) is 5.43. The highest BCUT2D eigenvalue weighted by Crippen LogP contribution is 2.29. The standard InChI is InChI=1S/C27H26N2O2/c1-29-19-22(24-13-8-14-25(31-2)27(24)29)15-16-26(30)28-18-17-21-11-6-7-12-23(21)20-9-4-3-5-10-20/h3-16,19H,17-18H2,1-2H3,(H,28,30)/b16-15+. The van der Waals surface area contributed by atoms with Gasteiger partial charge in [-0.15, -0.1) is 0 Å². The summed E-state index contributed by atoms with van der Waals surface area (Å²) in [6.45, 7) is 0.580. The quantitative estimate of drug-likeness (QED) is 0.424. The summed E-state index contributed by atoms with van der Waals surface area (Å²) in [6.07, 6.45) is 6.23. The first-order chi connectivity index (χ1) is 15.2. The van der Waals surface area contributed by atoms with E-state index < -0.39 is 0 Å². The predicted octanol–water partition coefficient (Wildman–Crippen LogP) is 5.23. The maximum absolute atomic E-state index is 12.4. The van der Waals surface area contributed by atoms with Crippen molar-refractivity contribution in [1.82, 2.24) is 9.88 Å². The minimum absolute atomic E-state index is 0.0999. The van der Waals surface area contributed by atoms with Crippen LogP contribution < -0.4 is 10.1 Å². The molecule has 1 amide bonds. The first-order valence-electron chi connectivity index (χ1n) is 10.4. The smallest absolute Gasteiger partial charge is 0.244 e. The van der Waals surface area contributed by atoms with Gasteiger partial charge in [0.05, 0.1) is 12.6 Å². The highest BCUT2D eigenvalue weighted by molar-refractivity contribution is 5.98. The van der Waals surface area contributed by atoms with E-state index >= 15 is 0 Å². The Morgan fingerprint density at radius 1 is 1.00 bits per heavy atom. The van der Waals surface area contributed by atoms with Crippen LogP contribution in [0.15, 0.2) is 85.1 Å². The minimum Gasteiger partial charge on any atom is -0.495 e. The molecule has 1 heterocycles. The molecule has 0 aliphatic carbocycles. The molecule has 0 spiro atoms. The lowest BCUT2D eigenvalue weighted by molar-refractivity contribution is -0.116. The number of benzene rings is 3. The molecule has 0 saturated carbocycles. The van der Waals surface area contributed by atoms with Gasteiger partial charge in [0.1, 0.15) is 5.75 Å². The van der Waals surface area contributed by atoms with Gasteiger partial charge in [0.15, 0.2) is 0 Å². The molecular formula is C27H26N2O2. The topological polar surface area (TPSA) is 43.3 Å². The number of amides is 1. The molecule has 0 aliphatic rings. The monoisotopic (exact) mass is 410 g/mol. The van der Waals surface area contributed by atoms with Gasteiger partial charge in [0.2, 0.25) is 5.91 Å². The number of aryl methyl sites for hydroxylation is 1. The van der Waals surface area contributed by atoms with Crippen LogP contribution in [0.1, 0.15) is 11.1 Å². The van der Waals surface area contributed by atoms with Crippen molar-refractivity contribution in [2.24, 2.45) is 7.05 Å². The van der Waals surface area contributed by atoms with Gasteiger partial charge >= 0.3 is 0 Å². The largest absolute Gasteiger partial charge is 0.495 e. The Kier molecular flexibility index (Phi) is 6.18. The Morgan fingerprint density at radius 2 is 1.77 bits per heavy atom. The number of fused-ring (bicyclic) bond motifs is 1. The second-order valence-electron chi connectivity index (χ2n) is 7.45. The fourth-order valence-corrected chi connectivity index (χ4v) is 3.94. The number of rotatable bonds is 7. The van der Waals surface area contributed by atoms with E-state index in [0.29, 0.717) is 6.54 Å². The molecule has 0 aliphatic heterocycles. The van der Waals surface area contributed by atoms with E-state index in [1.54, 1.807) is 13.2 Å². The van der Waals surface area contributed by atoms with Crippen molar-refractivity contribution in [3.05, 3.63) is 96.2 Å². The lowest BCUT2D eigenvalue weighted by Crippen LogP contribution is -2.23. The van der Waals surface area contributed by atoms with Crippen molar-refractivity contribution in [2.45, 2.75) is 6.42 Å². The fourth-order valence-electron chi connectivity index (χ4n) is 3.94. The number of aromatic nitrogens is 1. The number of carbonyl (C=O) groups excluding carboxylic acids is 1. The molecule has 4 nitrogen and oxygen atoms in total. The van der Waals surface area contributed by atoms with Gasteiger partial charge in [-0.2, -0.15) is 0 Å². The number of methoxy groups -OCH3 is 1. The molecule has 0 unspecified atom stereocenters. The second kappa shape index (κ2) is 9.35. The molecule has 156 valence electrons. The zero-order valence-corrected chi connectivity index (χ0v) is 17.8. The average molecular weight is 411 g/mol. The number of carbonyl (C=O) groups is 1. The van der Waals surface area contributed by atoms with Gasteiger partial charge in [0, 0.05) is 36.8 Å². The molecule has 0 radical (unpaired) electrons. The van der Waals surface area contributed by atoms with Crippen LogP contribution in [0.2, 0.25) is 0 Å². The van der Waals surface area contributed by atoms with Crippen LogP contribution in [-0.4, -0.2) is 24.1 Å². The summed E-state index contributed by atoms with van der Waals surface area (Å²) < 4.78 is 7.48. The molecule has 1 aromatic heterocycles. The van der Waals surface area contributed by atoms with Crippen molar-refractivity contribution >= 4 is 22.9 Å². The third-order valence-electron chi connectivity index (χ3n) is 5.43. The maximum atomic E-state index is 12.4. The Labute approximate surface area is 182 Å². The minimum atomic E-state index is -0.0999. The normalized spacial score (nSPS) is 11.2. The predicted molar refractivity (Wildman–Crippen MR) is 127 cm³/mol. The highest BCUT2D eigenvalue weighted by atomic mass is 16.5. The van der Waals surface area contributed by atoms with Gasteiger partial charge in [-0.05, 0) is 35.3 Å². The average Bonchev–Trinajstić information content (AvgIpc) is 3.14. The van der Waals surface area contributed by atoms with Crippen LogP contribution in [-0.2, 0) is 18.3 Å². The summed E-state index contributed by atoms with van der Waals surface area (Å²) in [5.74, 6) is 0.721. The third kappa shape index (κ3) is 4.53. The molecular weight excluding hydrogens is 384 g/mol. The summed E-state index contributed by atoms with van der Waals surface area (Å²) in [6, 6.07) is 24.6. The van der Waals surface area contributed by atoms with E-state index in [0.717, 1.165) is 28.6 Å². The van der Waals surface area contributed by atoms with Crippen molar-refractivity contribution in [2.75, 3.05) is 13.7 Å². The Hall–Kier alpha value is -3.79. The number of nitrogens with one attached hydrogen (secondary N) is 1. The SMILES string of the molecule is COc1cccc2c(/C=C/C(=O)NCCc3ccccc3-c3ccccc3)cn(C)c12. The van der Waals surface area contributed by atoms with Crippen molar-refractivity contribution < 1.29 is 9.53 Å². The maximum Gasteiger partial charge on any atom is 0.244 e. The number of para-hydroxylation sites is 1. The van der Waals surface area contributed by atoms with Crippen molar-refractivity contribution in [3.63, 3.8) is 0 Å². The zero-order valence-electron chi connectivity index (χ0n) is 17.8. The van der Waals surface area contributed by atoms with E-state index in [2.05, 4.69) is 29.6 Å². The van der Waals surface area contributed by atoms with Gasteiger partial charge in [0.25, 0.3) is 0 Å². The van der Waals surface area contributed by atoms with E-state index in [-0.39, 0.29) is 5.91 Å². The summed E-state index contributed by atoms with van der Waals surface area (Å²) in [5, 5.41) is 4.06. The van der Waals surface area contributed by atoms with E-state index in [9.17, 15) is 4.79 Å². The summed E-state index contributed by atoms with van der Waals surface area (Å²) in [7, 11) is 3.65. The van der Waals surface area contributed by atoms with Crippen LogP contribution in [0.4, 0.5) is 0 Å². The Morgan fingerprint density at radius 3 is 2.58 bits per heavy atom. The molecule has 0 saturated heterocycles. The van der Waals surface area contributed by atoms with E-state index in [1.165, 1.54) is 16.7 Å². The molecule has 0 fully saturated rings. The first-order valence-corrected chi connectivity index (χ1v) is 10.4. The van der Waals surface area contributed by atoms with Gasteiger partial charge in [-0.1, -0.05) is 66.7 Å². The van der Waals surface area contributed by atoms with Crippen LogP contribution in [0, 0.1) is 0 Å². The van der Waals surface area contributed by atoms with Gasteiger partial charge in [-0.25, -0.2) is 0 Å². The number of ether oxygens (including phenoxy) is 1. The number of hydrogen-bond acceptors (Lipinski definition) is 2. The molecule has 4 heteroatoms. The fraction of sp³-hybridized carbons (Fsp3) is 0.148. The second-order valence-corrected chi connectivity index (χ2v) is 7.45. The van der Waals surface area contributed by atoms with E-state index in [4.69, 9.17) is 4.74 Å². The molecule has 4 rings (SSSR count). The summed E-state index contributed by atoms with van der Waals surface area (Å²) in [5.41, 5.74) is 5.62. The van der Waals surface area contributed by atoms with Crippen molar-refractivity contribution in [1.29, 1.82) is 0 Å². The summed E-state index contributed by atoms with van der Waals surface area (Å²) in [4.78, 5) is 12.4. The molecule has 4 aromatic rings. The zero-order chi connectivity index (χ0) is 21.6. The number of nitrogens with zero attached hydrogens (tertiary/aromatic N) is 1. The summed E-state index contributed by atoms with van der Waals surface area (Å²) >= 11 is 0. The molecule has 0 bridgehead atoms. The lowest BCUT2D eigenvalue weighted by atomic mass is 9.98. The Balaban J connectivity index is 1.41. The van der Waals surface area contributed by atoms with E-state index in [1.807, 2.05) is 72.4 Å². The van der Waals surface area contributed by atoms with Gasteiger partial charge in [-0.3, -0.25) is 4.79 Å². The molecule has 1 N–H and O–H groups in total. The van der Waals surface area contributed by atoms with Crippen LogP contribution >= 0.6 is 0 Å². The molecule has 0 atom stereocenters. The van der Waals surface area contributed by atoms with Crippen LogP contribution in [0.5, 0.6) is 5.75 Å². The lowest BCUT2D eigenvalue weighted by Gasteiger charge is -2.10. The molecule has 3 aromatic carbocycles. The Bertz CT molecular complexity index is 1220. The molecule has 31 heavy (non-hydrogen) atoms. The van der Waals surface area contributed by atoms with Crippen LogP contribution in [0.3, 0.4) is 0 Å². The van der Waals surface area contributed by atoms with Crippen molar-refractivity contribution in [3.8, 4) is 16.9 Å². The highest BCUT2D eigenvalue weighted by Gasteiger charge is 2.09. The van der Waals surface area contributed by atoms with Gasteiger partial charge < -0.3 is 14.6 Å². The van der Waals surface area contributed by atoms with Crippen LogP contribution in [0.25, 0.3) is 28.1 Å². The first kappa shape index (κ1) is 20.5.